The summed E-state index contributed by atoms with van der Waals surface area (Å²) in [5.74, 6) is -0.727. The zero-order valence-corrected chi connectivity index (χ0v) is 8.10. The molecule has 0 bridgehead atoms. The van der Waals surface area contributed by atoms with Crippen molar-refractivity contribution >= 4 is 5.97 Å². The van der Waals surface area contributed by atoms with Gasteiger partial charge in [-0.2, -0.15) is 0 Å². The summed E-state index contributed by atoms with van der Waals surface area (Å²) >= 11 is 0. The fraction of sp³-hybridized carbons (Fsp3) is 0.0909. The fourth-order valence-corrected chi connectivity index (χ4v) is 1.41. The first-order chi connectivity index (χ1) is 7.20. The largest absolute Gasteiger partial charge is 0.477 e. The standard InChI is InChI=1S/C11H9NO3/c1-7-4-2-3-5-8(7)10-9(11(13)14)6-12-15-10/h2-6H,1H3,(H,13,14). The molecule has 0 saturated heterocycles. The van der Waals surface area contributed by atoms with Gasteiger partial charge < -0.3 is 9.63 Å². The number of aromatic nitrogens is 1. The van der Waals surface area contributed by atoms with Crippen LogP contribution in [0.1, 0.15) is 15.9 Å². The van der Waals surface area contributed by atoms with E-state index in [1.54, 1.807) is 0 Å². The zero-order valence-electron chi connectivity index (χ0n) is 8.10. The predicted molar refractivity (Wildman–Crippen MR) is 53.6 cm³/mol. The number of hydrogen-bond acceptors (Lipinski definition) is 3. The van der Waals surface area contributed by atoms with E-state index < -0.39 is 5.97 Å². The summed E-state index contributed by atoms with van der Waals surface area (Å²) in [6.07, 6.45) is 1.21. The van der Waals surface area contributed by atoms with Crippen LogP contribution in [0.5, 0.6) is 0 Å². The maximum Gasteiger partial charge on any atom is 0.341 e. The van der Waals surface area contributed by atoms with Crippen molar-refractivity contribution in [3.63, 3.8) is 0 Å². The first-order valence-electron chi connectivity index (χ1n) is 4.44. The highest BCUT2D eigenvalue weighted by Gasteiger charge is 2.17. The molecular weight excluding hydrogens is 194 g/mol. The van der Waals surface area contributed by atoms with Gasteiger partial charge in [-0.25, -0.2) is 4.79 Å². The van der Waals surface area contributed by atoms with Crippen molar-refractivity contribution in [2.75, 3.05) is 0 Å². The Morgan fingerprint density at radius 2 is 2.13 bits per heavy atom. The van der Waals surface area contributed by atoms with Crippen LogP contribution in [0.25, 0.3) is 11.3 Å². The lowest BCUT2D eigenvalue weighted by Crippen LogP contribution is -1.96. The minimum Gasteiger partial charge on any atom is -0.477 e. The first-order valence-corrected chi connectivity index (χ1v) is 4.44. The maximum atomic E-state index is 10.9. The van der Waals surface area contributed by atoms with Crippen LogP contribution in [0.15, 0.2) is 35.0 Å². The molecule has 0 unspecified atom stereocenters. The second-order valence-corrected chi connectivity index (χ2v) is 3.19. The van der Waals surface area contributed by atoms with Crippen LogP contribution >= 0.6 is 0 Å². The Balaban J connectivity index is 2.59. The van der Waals surface area contributed by atoms with Crippen molar-refractivity contribution in [1.29, 1.82) is 0 Å². The Kier molecular flexibility index (Phi) is 2.25. The lowest BCUT2D eigenvalue weighted by Gasteiger charge is -2.01. The van der Waals surface area contributed by atoms with Gasteiger partial charge in [0, 0.05) is 5.56 Å². The highest BCUT2D eigenvalue weighted by atomic mass is 16.5. The van der Waals surface area contributed by atoms with E-state index in [2.05, 4.69) is 5.16 Å². The fourth-order valence-electron chi connectivity index (χ4n) is 1.41. The number of benzene rings is 1. The molecule has 1 aromatic carbocycles. The molecule has 0 fully saturated rings. The van der Waals surface area contributed by atoms with Gasteiger partial charge in [0.2, 0.25) is 0 Å². The first kappa shape index (κ1) is 9.45. The Bertz CT molecular complexity index is 502. The SMILES string of the molecule is Cc1ccccc1-c1oncc1C(=O)O. The van der Waals surface area contributed by atoms with Gasteiger partial charge in [-0.1, -0.05) is 29.4 Å². The van der Waals surface area contributed by atoms with E-state index >= 15 is 0 Å². The monoisotopic (exact) mass is 203 g/mol. The maximum absolute atomic E-state index is 10.9. The van der Waals surface area contributed by atoms with Crippen LogP contribution < -0.4 is 0 Å². The quantitative estimate of drug-likeness (QED) is 0.813. The van der Waals surface area contributed by atoms with E-state index in [1.165, 1.54) is 6.20 Å². The van der Waals surface area contributed by atoms with Gasteiger partial charge in [-0.05, 0) is 12.5 Å². The van der Waals surface area contributed by atoms with E-state index in [4.69, 9.17) is 9.63 Å². The second kappa shape index (κ2) is 3.57. The summed E-state index contributed by atoms with van der Waals surface area (Å²) in [6, 6.07) is 7.41. The third kappa shape index (κ3) is 1.61. The number of aryl methyl sites for hydroxylation is 1. The smallest absolute Gasteiger partial charge is 0.341 e. The van der Waals surface area contributed by atoms with Crippen molar-refractivity contribution in [1.82, 2.24) is 5.16 Å². The number of carboxylic acids is 1. The summed E-state index contributed by atoms with van der Waals surface area (Å²) in [7, 11) is 0. The van der Waals surface area contributed by atoms with Crippen LogP contribution in [0, 0.1) is 6.92 Å². The molecule has 1 heterocycles. The number of carbonyl (C=O) groups is 1. The van der Waals surface area contributed by atoms with Gasteiger partial charge in [0.05, 0.1) is 6.20 Å². The number of hydrogen-bond donors (Lipinski definition) is 1. The topological polar surface area (TPSA) is 63.3 Å². The van der Waals surface area contributed by atoms with Gasteiger partial charge in [0.25, 0.3) is 0 Å². The molecule has 1 aromatic heterocycles. The second-order valence-electron chi connectivity index (χ2n) is 3.19. The minimum atomic E-state index is -1.03. The van der Waals surface area contributed by atoms with E-state index in [9.17, 15) is 4.79 Å². The molecule has 0 aliphatic rings. The van der Waals surface area contributed by atoms with Crippen LogP contribution in [-0.4, -0.2) is 16.2 Å². The summed E-state index contributed by atoms with van der Waals surface area (Å²) in [5.41, 5.74) is 1.80. The molecule has 0 amide bonds. The molecule has 2 aromatic rings. The molecule has 0 atom stereocenters. The average Bonchev–Trinajstić information content (AvgIpc) is 2.67. The van der Waals surface area contributed by atoms with E-state index in [0.29, 0.717) is 5.76 Å². The van der Waals surface area contributed by atoms with Crippen molar-refractivity contribution in [3.8, 4) is 11.3 Å². The van der Waals surface area contributed by atoms with Gasteiger partial charge in [-0.15, -0.1) is 0 Å². The molecule has 0 aliphatic carbocycles. The van der Waals surface area contributed by atoms with Crippen LogP contribution in [-0.2, 0) is 0 Å². The van der Waals surface area contributed by atoms with E-state index in [-0.39, 0.29) is 5.56 Å². The third-order valence-corrected chi connectivity index (χ3v) is 2.19. The Morgan fingerprint density at radius 3 is 2.80 bits per heavy atom. The van der Waals surface area contributed by atoms with Crippen molar-refractivity contribution < 1.29 is 14.4 Å². The zero-order chi connectivity index (χ0) is 10.8. The van der Waals surface area contributed by atoms with Gasteiger partial charge >= 0.3 is 5.97 Å². The Morgan fingerprint density at radius 1 is 1.40 bits per heavy atom. The molecule has 0 spiro atoms. The van der Waals surface area contributed by atoms with Crippen LogP contribution in [0.3, 0.4) is 0 Å². The third-order valence-electron chi connectivity index (χ3n) is 2.19. The normalized spacial score (nSPS) is 10.2. The molecule has 4 nitrogen and oxygen atoms in total. The van der Waals surface area contributed by atoms with E-state index in [1.807, 2.05) is 31.2 Å². The molecule has 0 radical (unpaired) electrons. The summed E-state index contributed by atoms with van der Waals surface area (Å²) in [6.45, 7) is 1.89. The molecule has 4 heteroatoms. The highest BCUT2D eigenvalue weighted by molar-refractivity contribution is 5.94. The van der Waals surface area contributed by atoms with Crippen molar-refractivity contribution in [3.05, 3.63) is 41.6 Å². The number of nitrogens with zero attached hydrogens (tertiary/aromatic N) is 1. The molecule has 2 rings (SSSR count). The lowest BCUT2D eigenvalue weighted by molar-refractivity contribution is 0.0697. The molecule has 76 valence electrons. The molecular formula is C11H9NO3. The minimum absolute atomic E-state index is 0.0873. The van der Waals surface area contributed by atoms with Gasteiger partial charge in [-0.3, -0.25) is 0 Å². The molecule has 0 aliphatic heterocycles. The number of rotatable bonds is 2. The van der Waals surface area contributed by atoms with Crippen LogP contribution in [0.2, 0.25) is 0 Å². The van der Waals surface area contributed by atoms with Crippen LogP contribution in [0.4, 0.5) is 0 Å². The summed E-state index contributed by atoms with van der Waals surface area (Å²) in [5, 5.41) is 12.4. The van der Waals surface area contributed by atoms with Gasteiger partial charge in [0.1, 0.15) is 5.56 Å². The Hall–Kier alpha value is -2.10. The molecule has 15 heavy (non-hydrogen) atoms. The van der Waals surface area contributed by atoms with E-state index in [0.717, 1.165) is 11.1 Å². The molecule has 0 saturated carbocycles. The highest BCUT2D eigenvalue weighted by Crippen LogP contribution is 2.26. The summed E-state index contributed by atoms with van der Waals surface area (Å²) in [4.78, 5) is 10.9. The van der Waals surface area contributed by atoms with Crippen molar-refractivity contribution in [2.24, 2.45) is 0 Å². The van der Waals surface area contributed by atoms with Gasteiger partial charge in [0.15, 0.2) is 5.76 Å². The number of aromatic carboxylic acids is 1. The summed E-state index contributed by atoms with van der Waals surface area (Å²) < 4.78 is 4.96. The average molecular weight is 203 g/mol. The van der Waals surface area contributed by atoms with Crippen molar-refractivity contribution in [2.45, 2.75) is 6.92 Å². The number of carboxylic acid groups (broad SMARTS) is 1. The Labute approximate surface area is 86.1 Å². The lowest BCUT2D eigenvalue weighted by atomic mass is 10.0. The predicted octanol–water partition coefficient (Wildman–Crippen LogP) is 2.35. The molecule has 1 N–H and O–H groups in total.